The fourth-order valence-corrected chi connectivity index (χ4v) is 3.10. The Labute approximate surface area is 161 Å². The first-order chi connectivity index (χ1) is 13.1. The van der Waals surface area contributed by atoms with E-state index < -0.39 is 5.91 Å². The topological polar surface area (TPSA) is 95.3 Å². The Morgan fingerprint density at radius 3 is 2.74 bits per heavy atom. The van der Waals surface area contributed by atoms with Crippen LogP contribution in [-0.4, -0.2) is 37.1 Å². The number of anilines is 2. The van der Waals surface area contributed by atoms with Gasteiger partial charge < -0.3 is 10.1 Å². The summed E-state index contributed by atoms with van der Waals surface area (Å²) in [5, 5.41) is 14.1. The number of nitrogens with zero attached hydrogens (tertiary/aromatic N) is 3. The van der Waals surface area contributed by atoms with Crippen LogP contribution in [0.3, 0.4) is 0 Å². The lowest BCUT2D eigenvalue weighted by Crippen LogP contribution is -2.26. The fraction of sp³-hybridized carbons (Fsp3) is 0.263. The second-order valence-electron chi connectivity index (χ2n) is 5.52. The summed E-state index contributed by atoms with van der Waals surface area (Å²) in [6.45, 7) is 2.40. The second kappa shape index (κ2) is 10.2. The largest absolute Gasteiger partial charge is 0.385 e. The van der Waals surface area contributed by atoms with E-state index in [0.717, 1.165) is 0 Å². The van der Waals surface area contributed by atoms with Gasteiger partial charge in [0.15, 0.2) is 5.13 Å². The maximum atomic E-state index is 12.1. The summed E-state index contributed by atoms with van der Waals surface area (Å²) in [5.74, 6) is -0.642. The molecule has 2 amide bonds. The Kier molecular flexibility index (Phi) is 7.67. The Bertz CT molecular complexity index is 855. The highest BCUT2D eigenvalue weighted by molar-refractivity contribution is 7.14. The molecule has 2 rings (SSSR count). The van der Waals surface area contributed by atoms with Crippen LogP contribution in [0.5, 0.6) is 0 Å². The number of nitrogens with one attached hydrogen (secondary N) is 1. The normalized spacial score (nSPS) is 10.9. The highest BCUT2D eigenvalue weighted by Crippen LogP contribution is 2.29. The number of ether oxygens (including phenoxy) is 1. The minimum absolute atomic E-state index is 0.0432. The van der Waals surface area contributed by atoms with Crippen molar-refractivity contribution < 1.29 is 14.3 Å². The molecule has 0 radical (unpaired) electrons. The number of rotatable bonds is 8. The minimum Gasteiger partial charge on any atom is -0.385 e. The molecular formula is C19H20N4O3S. The van der Waals surface area contributed by atoms with Crippen LogP contribution < -0.4 is 10.2 Å². The van der Waals surface area contributed by atoms with Gasteiger partial charge in [0.1, 0.15) is 11.6 Å². The summed E-state index contributed by atoms with van der Waals surface area (Å²) in [6.07, 6.45) is 2.07. The predicted molar refractivity (Wildman–Crippen MR) is 104 cm³/mol. The number of hydrogen-bond acceptors (Lipinski definition) is 6. The van der Waals surface area contributed by atoms with E-state index >= 15 is 0 Å². The first-order valence-corrected chi connectivity index (χ1v) is 9.15. The second-order valence-corrected chi connectivity index (χ2v) is 6.35. The Morgan fingerprint density at radius 2 is 2.11 bits per heavy atom. The molecule has 0 aliphatic heterocycles. The first kappa shape index (κ1) is 20.3. The highest BCUT2D eigenvalue weighted by Gasteiger charge is 2.18. The molecule has 0 aliphatic rings. The number of aromatic nitrogens is 1. The molecule has 0 bridgehead atoms. The van der Waals surface area contributed by atoms with Gasteiger partial charge in [-0.3, -0.25) is 14.5 Å². The van der Waals surface area contributed by atoms with Crippen molar-refractivity contribution in [3.8, 4) is 6.07 Å². The van der Waals surface area contributed by atoms with Gasteiger partial charge in [-0.1, -0.05) is 18.2 Å². The number of amides is 2. The molecule has 8 heteroatoms. The third-order valence-electron chi connectivity index (χ3n) is 3.50. The van der Waals surface area contributed by atoms with E-state index in [4.69, 9.17) is 4.74 Å². The molecule has 27 heavy (non-hydrogen) atoms. The molecule has 1 aromatic carbocycles. The molecule has 2 aromatic rings. The maximum absolute atomic E-state index is 12.1. The van der Waals surface area contributed by atoms with Crippen LogP contribution in [0.1, 0.15) is 19.0 Å². The van der Waals surface area contributed by atoms with Crippen molar-refractivity contribution in [3.63, 3.8) is 0 Å². The molecule has 0 aliphatic carbocycles. The highest BCUT2D eigenvalue weighted by atomic mass is 32.1. The maximum Gasteiger partial charge on any atom is 0.262 e. The summed E-state index contributed by atoms with van der Waals surface area (Å²) >= 11 is 1.26. The van der Waals surface area contributed by atoms with Gasteiger partial charge in [-0.25, -0.2) is 4.98 Å². The van der Waals surface area contributed by atoms with Gasteiger partial charge >= 0.3 is 0 Å². The minimum atomic E-state index is -0.463. The van der Waals surface area contributed by atoms with Crippen molar-refractivity contribution >= 4 is 40.0 Å². The summed E-state index contributed by atoms with van der Waals surface area (Å²) in [4.78, 5) is 30.0. The van der Waals surface area contributed by atoms with Crippen LogP contribution in [0.15, 0.2) is 41.3 Å². The monoisotopic (exact) mass is 384 g/mol. The molecule has 0 fully saturated rings. The average Bonchev–Trinajstić information content (AvgIpc) is 3.11. The van der Waals surface area contributed by atoms with Gasteiger partial charge in [0.2, 0.25) is 5.91 Å². The zero-order valence-electron chi connectivity index (χ0n) is 15.1. The number of hydrogen-bond donors (Lipinski definition) is 1. The summed E-state index contributed by atoms with van der Waals surface area (Å²) in [7, 11) is 1.59. The van der Waals surface area contributed by atoms with Crippen molar-refractivity contribution in [2.24, 2.45) is 0 Å². The number of benzene rings is 1. The van der Waals surface area contributed by atoms with Gasteiger partial charge in [-0.15, -0.1) is 11.3 Å². The molecule has 140 valence electrons. The van der Waals surface area contributed by atoms with Gasteiger partial charge in [-0.2, -0.15) is 5.26 Å². The molecule has 1 aromatic heterocycles. The van der Waals surface area contributed by atoms with Crippen LogP contribution in [0, 0.1) is 11.3 Å². The number of carbonyl (C=O) groups excluding carboxylic acids is 2. The van der Waals surface area contributed by atoms with Crippen LogP contribution >= 0.6 is 11.3 Å². The molecular weight excluding hydrogens is 364 g/mol. The lowest BCUT2D eigenvalue weighted by atomic mass is 10.2. The van der Waals surface area contributed by atoms with Crippen molar-refractivity contribution in [1.82, 2.24) is 10.3 Å². The SMILES string of the molecule is COCCCNC(=O)/C(C#N)=C/c1csc(N(C(C)=O)c2ccccc2)n1. The number of methoxy groups -OCH3 is 1. The van der Waals surface area contributed by atoms with Crippen molar-refractivity contribution in [2.45, 2.75) is 13.3 Å². The van der Waals surface area contributed by atoms with E-state index in [1.807, 2.05) is 36.4 Å². The zero-order valence-corrected chi connectivity index (χ0v) is 16.0. The van der Waals surface area contributed by atoms with Crippen molar-refractivity contribution in [1.29, 1.82) is 5.26 Å². The summed E-state index contributed by atoms with van der Waals surface area (Å²) in [5.41, 5.74) is 1.10. The first-order valence-electron chi connectivity index (χ1n) is 8.27. The number of thiazole rings is 1. The Morgan fingerprint density at radius 1 is 1.37 bits per heavy atom. The Balaban J connectivity index is 2.17. The third kappa shape index (κ3) is 5.74. The lowest BCUT2D eigenvalue weighted by Gasteiger charge is -2.17. The molecule has 0 saturated carbocycles. The average molecular weight is 384 g/mol. The van der Waals surface area contributed by atoms with Crippen LogP contribution in [0.25, 0.3) is 6.08 Å². The van der Waals surface area contributed by atoms with Crippen LogP contribution in [0.2, 0.25) is 0 Å². The van der Waals surface area contributed by atoms with Crippen LogP contribution in [-0.2, 0) is 14.3 Å². The van der Waals surface area contributed by atoms with Crippen LogP contribution in [0.4, 0.5) is 10.8 Å². The zero-order chi connectivity index (χ0) is 19.6. The van der Waals surface area contributed by atoms with E-state index in [9.17, 15) is 14.9 Å². The van der Waals surface area contributed by atoms with E-state index in [2.05, 4.69) is 10.3 Å². The standard InChI is InChI=1S/C19H20N4O3S/c1-14(24)23(17-7-4-3-5-8-17)19-22-16(13-27-19)11-15(12-20)18(25)21-9-6-10-26-2/h3-5,7-8,11,13H,6,9-10H2,1-2H3,(H,21,25)/b15-11+. The molecule has 7 nitrogen and oxygen atoms in total. The molecule has 0 saturated heterocycles. The van der Waals surface area contributed by atoms with Crippen molar-refractivity contribution in [2.75, 3.05) is 25.2 Å². The molecule has 1 heterocycles. The fourth-order valence-electron chi connectivity index (χ4n) is 2.26. The molecule has 1 N–H and O–H groups in total. The van der Waals surface area contributed by atoms with E-state index in [0.29, 0.717) is 36.1 Å². The molecule has 0 unspecified atom stereocenters. The van der Waals surface area contributed by atoms with E-state index in [-0.39, 0.29) is 11.5 Å². The smallest absolute Gasteiger partial charge is 0.262 e. The van der Waals surface area contributed by atoms with Gasteiger partial charge in [-0.05, 0) is 24.6 Å². The summed E-state index contributed by atoms with van der Waals surface area (Å²) in [6, 6.07) is 11.0. The predicted octanol–water partition coefficient (Wildman–Crippen LogP) is 2.89. The van der Waals surface area contributed by atoms with E-state index in [1.165, 1.54) is 29.2 Å². The number of carbonyl (C=O) groups is 2. The Hall–Kier alpha value is -3.02. The quantitative estimate of drug-likeness (QED) is 0.429. The number of nitriles is 1. The lowest BCUT2D eigenvalue weighted by molar-refractivity contribution is -0.117. The third-order valence-corrected chi connectivity index (χ3v) is 4.34. The van der Waals surface area contributed by atoms with Crippen molar-refractivity contribution in [3.05, 3.63) is 47.0 Å². The van der Waals surface area contributed by atoms with Gasteiger partial charge in [0.05, 0.1) is 11.4 Å². The van der Waals surface area contributed by atoms with Gasteiger partial charge in [0, 0.05) is 32.6 Å². The van der Waals surface area contributed by atoms with Gasteiger partial charge in [0.25, 0.3) is 5.91 Å². The summed E-state index contributed by atoms with van der Waals surface area (Å²) < 4.78 is 4.92. The number of para-hydroxylation sites is 1. The molecule has 0 atom stereocenters. The molecule has 0 spiro atoms. The van der Waals surface area contributed by atoms with E-state index in [1.54, 1.807) is 12.5 Å².